The van der Waals surface area contributed by atoms with Gasteiger partial charge in [-0.05, 0) is 60.9 Å². The molecule has 120 valence electrons. The highest BCUT2D eigenvalue weighted by atomic mass is 16.5. The lowest BCUT2D eigenvalue weighted by molar-refractivity contribution is 0.333. The van der Waals surface area contributed by atoms with Crippen LogP contribution < -0.4 is 4.74 Å². The Morgan fingerprint density at radius 3 is 2.39 bits per heavy atom. The average Bonchev–Trinajstić information content (AvgIpc) is 2.84. The zero-order chi connectivity index (χ0) is 15.9. The smallest absolute Gasteiger partial charge is 0.145 e. The van der Waals surface area contributed by atoms with Crippen molar-refractivity contribution >= 4 is 11.9 Å². The molecule has 0 unspecified atom stereocenters. The van der Waals surface area contributed by atoms with Crippen LogP contribution in [0.2, 0.25) is 0 Å². The summed E-state index contributed by atoms with van der Waals surface area (Å²) in [7, 11) is 0. The van der Waals surface area contributed by atoms with Gasteiger partial charge >= 0.3 is 0 Å². The highest BCUT2D eigenvalue weighted by Gasteiger charge is 2.07. The number of rotatable bonds is 6. The molecular weight excluding hydrogens is 282 g/mol. The Balaban J connectivity index is 1.49. The highest BCUT2D eigenvalue weighted by Crippen LogP contribution is 2.30. The first-order chi connectivity index (χ1) is 11.3. The van der Waals surface area contributed by atoms with Crippen LogP contribution >= 0.6 is 0 Å². The molecule has 0 atom stereocenters. The van der Waals surface area contributed by atoms with Gasteiger partial charge in [0, 0.05) is 12.6 Å². The van der Waals surface area contributed by atoms with Crippen molar-refractivity contribution in [3.05, 3.63) is 59.2 Å². The standard InChI is InChI=1S/C21H25NO/c1-2-17-8-10-18(11-9-17)6-3-4-7-19-12-13-20-21(16-19)23-15-5-14-22-20/h8-14,16H,2-7,15H2,1H3. The lowest BCUT2D eigenvalue weighted by Crippen LogP contribution is -1.96. The molecule has 0 saturated carbocycles. The quantitative estimate of drug-likeness (QED) is 0.664. The fourth-order valence-corrected chi connectivity index (χ4v) is 2.92. The molecule has 0 aromatic heterocycles. The zero-order valence-electron chi connectivity index (χ0n) is 13.9. The Labute approximate surface area is 139 Å². The molecule has 2 nitrogen and oxygen atoms in total. The van der Waals surface area contributed by atoms with E-state index in [0.717, 1.165) is 43.7 Å². The molecule has 0 N–H and O–H groups in total. The number of unbranched alkanes of at least 4 members (excludes halogenated alkanes) is 1. The zero-order valence-corrected chi connectivity index (χ0v) is 13.9. The van der Waals surface area contributed by atoms with E-state index < -0.39 is 0 Å². The van der Waals surface area contributed by atoms with Crippen LogP contribution in [0.25, 0.3) is 0 Å². The van der Waals surface area contributed by atoms with Crippen molar-refractivity contribution in [2.24, 2.45) is 4.99 Å². The number of ether oxygens (including phenoxy) is 1. The molecule has 2 aromatic rings. The molecule has 1 heterocycles. The minimum Gasteiger partial charge on any atom is -0.491 e. The summed E-state index contributed by atoms with van der Waals surface area (Å²) in [5.74, 6) is 0.936. The normalized spacial score (nSPS) is 13.3. The van der Waals surface area contributed by atoms with Gasteiger partial charge in [-0.1, -0.05) is 37.3 Å². The topological polar surface area (TPSA) is 21.6 Å². The lowest BCUT2D eigenvalue weighted by Gasteiger charge is -2.08. The lowest BCUT2D eigenvalue weighted by atomic mass is 10.0. The molecule has 2 aromatic carbocycles. The predicted molar refractivity (Wildman–Crippen MR) is 97.2 cm³/mol. The number of hydrogen-bond donors (Lipinski definition) is 0. The Kier molecular flexibility index (Phi) is 5.46. The summed E-state index contributed by atoms with van der Waals surface area (Å²) >= 11 is 0. The van der Waals surface area contributed by atoms with Gasteiger partial charge in [0.15, 0.2) is 0 Å². The third-order valence-corrected chi connectivity index (χ3v) is 4.37. The van der Waals surface area contributed by atoms with Crippen LogP contribution in [0.5, 0.6) is 5.75 Å². The van der Waals surface area contributed by atoms with E-state index in [1.54, 1.807) is 0 Å². The van der Waals surface area contributed by atoms with Gasteiger partial charge in [-0.25, -0.2) is 0 Å². The minimum atomic E-state index is 0.730. The van der Waals surface area contributed by atoms with Gasteiger partial charge in [0.05, 0.1) is 6.61 Å². The van der Waals surface area contributed by atoms with E-state index in [0.29, 0.717) is 0 Å². The maximum Gasteiger partial charge on any atom is 0.145 e. The maximum absolute atomic E-state index is 5.76. The van der Waals surface area contributed by atoms with Crippen molar-refractivity contribution < 1.29 is 4.74 Å². The second-order valence-corrected chi connectivity index (χ2v) is 6.13. The SMILES string of the molecule is CCc1ccc(CCCCc2ccc3c(c2)OCCC=N3)cc1. The summed E-state index contributed by atoms with van der Waals surface area (Å²) in [6.07, 6.45) is 8.64. The van der Waals surface area contributed by atoms with Crippen LogP contribution in [-0.2, 0) is 19.3 Å². The van der Waals surface area contributed by atoms with Gasteiger partial charge in [0.2, 0.25) is 0 Å². The first kappa shape index (κ1) is 15.8. The van der Waals surface area contributed by atoms with Crippen LogP contribution in [-0.4, -0.2) is 12.8 Å². The van der Waals surface area contributed by atoms with Crippen LogP contribution in [0.3, 0.4) is 0 Å². The molecule has 0 saturated heterocycles. The first-order valence-corrected chi connectivity index (χ1v) is 8.71. The molecule has 0 radical (unpaired) electrons. The molecule has 1 aliphatic rings. The van der Waals surface area contributed by atoms with E-state index in [-0.39, 0.29) is 0 Å². The molecule has 0 spiro atoms. The van der Waals surface area contributed by atoms with Gasteiger partial charge in [-0.15, -0.1) is 0 Å². The number of fused-ring (bicyclic) bond motifs is 1. The monoisotopic (exact) mass is 307 g/mol. The van der Waals surface area contributed by atoms with Crippen molar-refractivity contribution in [2.75, 3.05) is 6.61 Å². The minimum absolute atomic E-state index is 0.730. The second kappa shape index (κ2) is 7.96. The molecular formula is C21H25NO. The summed E-state index contributed by atoms with van der Waals surface area (Å²) in [5, 5.41) is 0. The predicted octanol–water partition coefficient (Wildman–Crippen LogP) is 5.30. The highest BCUT2D eigenvalue weighted by molar-refractivity contribution is 5.68. The third kappa shape index (κ3) is 4.44. The third-order valence-electron chi connectivity index (χ3n) is 4.37. The van der Waals surface area contributed by atoms with Gasteiger partial charge in [-0.2, -0.15) is 0 Å². The summed E-state index contributed by atoms with van der Waals surface area (Å²) < 4.78 is 5.76. The Morgan fingerprint density at radius 2 is 1.61 bits per heavy atom. The summed E-state index contributed by atoms with van der Waals surface area (Å²) in [5.41, 5.74) is 5.17. The largest absolute Gasteiger partial charge is 0.491 e. The molecule has 2 heteroatoms. The van der Waals surface area contributed by atoms with Gasteiger partial charge < -0.3 is 4.74 Å². The van der Waals surface area contributed by atoms with Crippen LogP contribution in [0, 0.1) is 0 Å². The van der Waals surface area contributed by atoms with Crippen molar-refractivity contribution in [1.29, 1.82) is 0 Å². The van der Waals surface area contributed by atoms with E-state index >= 15 is 0 Å². The summed E-state index contributed by atoms with van der Waals surface area (Å²) in [4.78, 5) is 4.43. The fraction of sp³-hybridized carbons (Fsp3) is 0.381. The van der Waals surface area contributed by atoms with Crippen molar-refractivity contribution in [3.8, 4) is 5.75 Å². The number of benzene rings is 2. The number of aliphatic imine (C=N–C) groups is 1. The molecule has 1 aliphatic heterocycles. The molecule has 0 aliphatic carbocycles. The van der Waals surface area contributed by atoms with Gasteiger partial charge in [-0.3, -0.25) is 4.99 Å². The van der Waals surface area contributed by atoms with E-state index in [1.807, 2.05) is 6.21 Å². The number of hydrogen-bond acceptors (Lipinski definition) is 2. The number of aryl methyl sites for hydroxylation is 3. The van der Waals surface area contributed by atoms with Crippen LogP contribution in [0.1, 0.15) is 42.9 Å². The maximum atomic E-state index is 5.76. The van der Waals surface area contributed by atoms with Gasteiger partial charge in [0.1, 0.15) is 11.4 Å². The molecule has 0 bridgehead atoms. The summed E-state index contributed by atoms with van der Waals surface area (Å²) in [6, 6.07) is 15.5. The molecule has 0 amide bonds. The van der Waals surface area contributed by atoms with E-state index in [1.165, 1.54) is 29.5 Å². The molecule has 3 rings (SSSR count). The summed E-state index contributed by atoms with van der Waals surface area (Å²) in [6.45, 7) is 2.93. The van der Waals surface area contributed by atoms with E-state index in [4.69, 9.17) is 4.74 Å². The first-order valence-electron chi connectivity index (χ1n) is 8.71. The fourth-order valence-electron chi connectivity index (χ4n) is 2.92. The van der Waals surface area contributed by atoms with Crippen molar-refractivity contribution in [3.63, 3.8) is 0 Å². The van der Waals surface area contributed by atoms with E-state index in [9.17, 15) is 0 Å². The van der Waals surface area contributed by atoms with Crippen molar-refractivity contribution in [1.82, 2.24) is 0 Å². The Hall–Kier alpha value is -2.09. The van der Waals surface area contributed by atoms with E-state index in [2.05, 4.69) is 54.4 Å². The average molecular weight is 307 g/mol. The van der Waals surface area contributed by atoms with Gasteiger partial charge in [0.25, 0.3) is 0 Å². The number of nitrogens with zero attached hydrogens (tertiary/aromatic N) is 1. The Morgan fingerprint density at radius 1 is 0.913 bits per heavy atom. The second-order valence-electron chi connectivity index (χ2n) is 6.13. The molecule has 0 fully saturated rings. The van der Waals surface area contributed by atoms with Crippen molar-refractivity contribution in [2.45, 2.75) is 45.4 Å². The van der Waals surface area contributed by atoms with Crippen LogP contribution in [0.4, 0.5) is 5.69 Å². The van der Waals surface area contributed by atoms with Crippen LogP contribution in [0.15, 0.2) is 47.5 Å². The Bertz CT molecular complexity index is 658. The molecule has 23 heavy (non-hydrogen) atoms.